The van der Waals surface area contributed by atoms with Crippen molar-refractivity contribution in [1.82, 2.24) is 15.5 Å². The largest absolute Gasteiger partial charge is 0.451 e. The topological polar surface area (TPSA) is 57.5 Å². The molecular formula is C18H25N3O2. The van der Waals surface area contributed by atoms with Gasteiger partial charge in [0.05, 0.1) is 0 Å². The van der Waals surface area contributed by atoms with Gasteiger partial charge in [0.1, 0.15) is 5.58 Å². The van der Waals surface area contributed by atoms with Gasteiger partial charge in [-0.2, -0.15) is 0 Å². The molecular weight excluding hydrogens is 290 g/mol. The Hall–Kier alpha value is -1.85. The summed E-state index contributed by atoms with van der Waals surface area (Å²) in [5.41, 5.74) is 1.73. The number of amides is 1. The van der Waals surface area contributed by atoms with Gasteiger partial charge in [-0.3, -0.25) is 4.79 Å². The van der Waals surface area contributed by atoms with Crippen LogP contribution >= 0.6 is 0 Å². The van der Waals surface area contributed by atoms with Crippen LogP contribution in [0.3, 0.4) is 0 Å². The molecule has 0 radical (unpaired) electrons. The fourth-order valence-electron chi connectivity index (χ4n) is 3.23. The zero-order chi connectivity index (χ0) is 16.4. The molecule has 2 unspecified atom stereocenters. The Morgan fingerprint density at radius 1 is 1.39 bits per heavy atom. The van der Waals surface area contributed by atoms with Crippen molar-refractivity contribution in [2.24, 2.45) is 0 Å². The molecule has 1 fully saturated rings. The van der Waals surface area contributed by atoms with Crippen molar-refractivity contribution in [1.29, 1.82) is 0 Å². The number of furan rings is 1. The molecule has 5 nitrogen and oxygen atoms in total. The molecule has 5 heteroatoms. The quantitative estimate of drug-likeness (QED) is 0.909. The van der Waals surface area contributed by atoms with E-state index in [9.17, 15) is 4.79 Å². The van der Waals surface area contributed by atoms with E-state index in [1.54, 1.807) is 0 Å². The highest BCUT2D eigenvalue weighted by atomic mass is 16.3. The summed E-state index contributed by atoms with van der Waals surface area (Å²) in [5.74, 6) is 0.330. The second kappa shape index (κ2) is 6.72. The number of benzene rings is 1. The third-order valence-corrected chi connectivity index (χ3v) is 4.46. The van der Waals surface area contributed by atoms with Crippen molar-refractivity contribution in [3.8, 4) is 0 Å². The first-order valence-corrected chi connectivity index (χ1v) is 8.25. The highest BCUT2D eigenvalue weighted by Gasteiger charge is 2.26. The lowest BCUT2D eigenvalue weighted by Crippen LogP contribution is -2.52. The fraction of sp³-hybridized carbons (Fsp3) is 0.500. The van der Waals surface area contributed by atoms with E-state index >= 15 is 0 Å². The third-order valence-electron chi connectivity index (χ3n) is 4.46. The predicted octanol–water partition coefficient (Wildman–Crippen LogP) is 2.36. The van der Waals surface area contributed by atoms with Gasteiger partial charge < -0.3 is 20.0 Å². The summed E-state index contributed by atoms with van der Waals surface area (Å²) in [4.78, 5) is 14.8. The number of para-hydroxylation sites is 1. The first kappa shape index (κ1) is 16.0. The van der Waals surface area contributed by atoms with E-state index < -0.39 is 0 Å². The molecule has 2 heterocycles. The monoisotopic (exact) mass is 315 g/mol. The number of carbonyl (C=O) groups is 1. The van der Waals surface area contributed by atoms with Crippen molar-refractivity contribution in [3.05, 3.63) is 35.6 Å². The summed E-state index contributed by atoms with van der Waals surface area (Å²) in [6, 6.07) is 8.27. The summed E-state index contributed by atoms with van der Waals surface area (Å²) in [6.07, 6.45) is 2.09. The van der Waals surface area contributed by atoms with Crippen LogP contribution in [0, 0.1) is 0 Å². The lowest BCUT2D eigenvalue weighted by molar-refractivity contribution is 0.0891. The Bertz CT molecular complexity index is 693. The third kappa shape index (κ3) is 3.41. The van der Waals surface area contributed by atoms with Crippen LogP contribution in [0.1, 0.15) is 35.9 Å². The molecule has 2 N–H and O–H groups in total. The molecule has 1 saturated heterocycles. The zero-order valence-electron chi connectivity index (χ0n) is 14.1. The number of nitrogens with one attached hydrogen (secondary N) is 2. The molecule has 2 atom stereocenters. The number of nitrogens with zero attached hydrogens (tertiary/aromatic N) is 1. The minimum absolute atomic E-state index is 0.112. The molecule has 23 heavy (non-hydrogen) atoms. The first-order valence-electron chi connectivity index (χ1n) is 8.25. The number of piperidine rings is 1. The Morgan fingerprint density at radius 2 is 2.17 bits per heavy atom. The number of hydrogen-bond donors (Lipinski definition) is 2. The Kier molecular flexibility index (Phi) is 4.68. The second-order valence-electron chi connectivity index (χ2n) is 6.61. The summed E-state index contributed by atoms with van der Waals surface area (Å²) in [6.45, 7) is 3.81. The summed E-state index contributed by atoms with van der Waals surface area (Å²) >= 11 is 0. The van der Waals surface area contributed by atoms with E-state index in [2.05, 4.69) is 22.5 Å². The molecule has 1 amide bonds. The SMILES string of the molecule is CC1NCCCC1NC(=O)c1oc2ccccc2c1CN(C)C. The standard InChI is InChI=1S/C18H25N3O2/c1-12-15(8-6-10-19-12)20-18(22)17-14(11-21(2)3)13-7-4-5-9-16(13)23-17/h4-5,7,9,12,15,19H,6,8,10-11H2,1-3H3,(H,20,22). The highest BCUT2D eigenvalue weighted by Crippen LogP contribution is 2.27. The predicted molar refractivity (Wildman–Crippen MR) is 91.6 cm³/mol. The van der Waals surface area contributed by atoms with Crippen LogP contribution < -0.4 is 10.6 Å². The molecule has 0 bridgehead atoms. The van der Waals surface area contributed by atoms with Gasteiger partial charge in [-0.05, 0) is 46.5 Å². The highest BCUT2D eigenvalue weighted by molar-refractivity contribution is 5.99. The molecule has 2 aromatic rings. The van der Waals surface area contributed by atoms with Crippen molar-refractivity contribution < 1.29 is 9.21 Å². The van der Waals surface area contributed by atoms with Crippen molar-refractivity contribution in [2.75, 3.05) is 20.6 Å². The molecule has 0 aliphatic carbocycles. The molecule has 1 aromatic carbocycles. The average Bonchev–Trinajstić information content (AvgIpc) is 2.88. The normalized spacial score (nSPS) is 21.7. The molecule has 0 saturated carbocycles. The van der Waals surface area contributed by atoms with Gasteiger partial charge in [0, 0.05) is 29.6 Å². The maximum absolute atomic E-state index is 12.8. The van der Waals surface area contributed by atoms with E-state index in [1.807, 2.05) is 38.4 Å². The number of hydrogen-bond acceptors (Lipinski definition) is 4. The Morgan fingerprint density at radius 3 is 2.91 bits per heavy atom. The van der Waals surface area contributed by atoms with Gasteiger partial charge >= 0.3 is 0 Å². The van der Waals surface area contributed by atoms with Gasteiger partial charge in [0.2, 0.25) is 0 Å². The minimum atomic E-state index is -0.112. The summed E-state index contributed by atoms with van der Waals surface area (Å²) in [5, 5.41) is 7.57. The van der Waals surface area contributed by atoms with Gasteiger partial charge in [0.25, 0.3) is 5.91 Å². The molecule has 0 spiro atoms. The fourth-order valence-corrected chi connectivity index (χ4v) is 3.23. The van der Waals surface area contributed by atoms with Crippen molar-refractivity contribution in [2.45, 2.75) is 38.4 Å². The van der Waals surface area contributed by atoms with Crippen LogP contribution in [0.4, 0.5) is 0 Å². The van der Waals surface area contributed by atoms with E-state index in [4.69, 9.17) is 4.42 Å². The summed E-state index contributed by atoms with van der Waals surface area (Å²) < 4.78 is 5.88. The van der Waals surface area contributed by atoms with Crippen LogP contribution in [0.5, 0.6) is 0 Å². The average molecular weight is 315 g/mol. The van der Waals surface area contributed by atoms with Gasteiger partial charge in [-0.15, -0.1) is 0 Å². The van der Waals surface area contributed by atoms with Gasteiger partial charge in [-0.1, -0.05) is 18.2 Å². The van der Waals surface area contributed by atoms with Crippen LogP contribution in [-0.2, 0) is 6.54 Å². The molecule has 124 valence electrons. The maximum atomic E-state index is 12.8. The Balaban J connectivity index is 1.89. The summed E-state index contributed by atoms with van der Waals surface area (Å²) in [7, 11) is 3.99. The van der Waals surface area contributed by atoms with E-state index in [0.717, 1.165) is 35.9 Å². The van der Waals surface area contributed by atoms with E-state index in [-0.39, 0.29) is 18.0 Å². The smallest absolute Gasteiger partial charge is 0.287 e. The Labute approximate surface area is 137 Å². The van der Waals surface area contributed by atoms with Gasteiger partial charge in [-0.25, -0.2) is 0 Å². The minimum Gasteiger partial charge on any atom is -0.451 e. The molecule has 1 aliphatic rings. The van der Waals surface area contributed by atoms with Crippen LogP contribution in [0.15, 0.2) is 28.7 Å². The lowest BCUT2D eigenvalue weighted by atomic mass is 9.99. The first-order chi connectivity index (χ1) is 11.1. The lowest BCUT2D eigenvalue weighted by Gasteiger charge is -2.30. The van der Waals surface area contributed by atoms with Crippen LogP contribution in [-0.4, -0.2) is 43.5 Å². The second-order valence-corrected chi connectivity index (χ2v) is 6.61. The maximum Gasteiger partial charge on any atom is 0.287 e. The van der Waals surface area contributed by atoms with Gasteiger partial charge in [0.15, 0.2) is 5.76 Å². The zero-order valence-corrected chi connectivity index (χ0v) is 14.1. The van der Waals surface area contributed by atoms with Crippen molar-refractivity contribution in [3.63, 3.8) is 0 Å². The van der Waals surface area contributed by atoms with Crippen LogP contribution in [0.25, 0.3) is 11.0 Å². The van der Waals surface area contributed by atoms with Crippen LogP contribution in [0.2, 0.25) is 0 Å². The number of carbonyl (C=O) groups excluding carboxylic acids is 1. The number of rotatable bonds is 4. The molecule has 3 rings (SSSR count). The van der Waals surface area contributed by atoms with E-state index in [1.165, 1.54) is 0 Å². The number of fused-ring (bicyclic) bond motifs is 1. The molecule has 1 aromatic heterocycles. The molecule has 1 aliphatic heterocycles. The van der Waals surface area contributed by atoms with E-state index in [0.29, 0.717) is 12.3 Å². The van der Waals surface area contributed by atoms with Crippen molar-refractivity contribution >= 4 is 16.9 Å².